The first kappa shape index (κ1) is 18.0. The third-order valence-corrected chi connectivity index (χ3v) is 5.11. The SMILES string of the molecule is CCc1ccc(-n2c(=O)c3ccccc3n(Cc3ccc(C)cc3)c2=O)cc1. The van der Waals surface area contributed by atoms with E-state index in [2.05, 4.69) is 6.92 Å². The summed E-state index contributed by atoms with van der Waals surface area (Å²) in [6, 6.07) is 23.0. The predicted molar refractivity (Wildman–Crippen MR) is 113 cm³/mol. The van der Waals surface area contributed by atoms with Crippen LogP contribution in [0.15, 0.2) is 82.4 Å². The quantitative estimate of drug-likeness (QED) is 0.543. The van der Waals surface area contributed by atoms with Gasteiger partial charge in [-0.3, -0.25) is 9.36 Å². The van der Waals surface area contributed by atoms with Crippen molar-refractivity contribution in [2.45, 2.75) is 26.8 Å². The second kappa shape index (κ2) is 7.31. The van der Waals surface area contributed by atoms with Gasteiger partial charge in [-0.05, 0) is 48.7 Å². The molecule has 0 saturated heterocycles. The molecule has 4 nitrogen and oxygen atoms in total. The Morgan fingerprint density at radius 1 is 0.786 bits per heavy atom. The molecule has 140 valence electrons. The largest absolute Gasteiger partial charge is 0.336 e. The van der Waals surface area contributed by atoms with Gasteiger partial charge < -0.3 is 0 Å². The first-order chi connectivity index (χ1) is 13.6. The van der Waals surface area contributed by atoms with Crippen LogP contribution in [-0.4, -0.2) is 9.13 Å². The van der Waals surface area contributed by atoms with Crippen LogP contribution in [0.3, 0.4) is 0 Å². The maximum atomic E-state index is 13.4. The lowest BCUT2D eigenvalue weighted by atomic mass is 10.1. The van der Waals surface area contributed by atoms with Gasteiger partial charge in [-0.15, -0.1) is 0 Å². The van der Waals surface area contributed by atoms with Crippen molar-refractivity contribution in [1.82, 2.24) is 9.13 Å². The van der Waals surface area contributed by atoms with Crippen molar-refractivity contribution in [1.29, 1.82) is 0 Å². The Morgan fingerprint density at radius 2 is 1.43 bits per heavy atom. The summed E-state index contributed by atoms with van der Waals surface area (Å²) in [6.07, 6.45) is 0.907. The van der Waals surface area contributed by atoms with Crippen LogP contribution in [0.25, 0.3) is 16.6 Å². The monoisotopic (exact) mass is 370 g/mol. The molecular formula is C24H22N2O2. The fraction of sp³-hybridized carbons (Fsp3) is 0.167. The first-order valence-corrected chi connectivity index (χ1v) is 9.48. The molecule has 4 rings (SSSR count). The highest BCUT2D eigenvalue weighted by atomic mass is 16.2. The molecule has 0 fully saturated rings. The zero-order valence-electron chi connectivity index (χ0n) is 16.1. The molecule has 0 unspecified atom stereocenters. The van der Waals surface area contributed by atoms with Crippen LogP contribution >= 0.6 is 0 Å². The Morgan fingerprint density at radius 3 is 2.11 bits per heavy atom. The van der Waals surface area contributed by atoms with Crippen LogP contribution < -0.4 is 11.2 Å². The Labute approximate surface area is 163 Å². The molecule has 0 N–H and O–H groups in total. The maximum absolute atomic E-state index is 13.4. The highest BCUT2D eigenvalue weighted by molar-refractivity contribution is 5.78. The van der Waals surface area contributed by atoms with E-state index in [0.29, 0.717) is 23.1 Å². The van der Waals surface area contributed by atoms with E-state index >= 15 is 0 Å². The lowest BCUT2D eigenvalue weighted by Gasteiger charge is -2.14. The highest BCUT2D eigenvalue weighted by Crippen LogP contribution is 2.13. The predicted octanol–water partition coefficient (Wildman–Crippen LogP) is 4.07. The van der Waals surface area contributed by atoms with E-state index in [0.717, 1.165) is 17.5 Å². The minimum absolute atomic E-state index is 0.287. The molecule has 0 aliphatic rings. The number of aromatic nitrogens is 2. The van der Waals surface area contributed by atoms with Crippen molar-refractivity contribution in [2.24, 2.45) is 0 Å². The fourth-order valence-electron chi connectivity index (χ4n) is 3.46. The van der Waals surface area contributed by atoms with E-state index in [9.17, 15) is 9.59 Å². The molecule has 0 atom stereocenters. The Hall–Kier alpha value is -3.40. The topological polar surface area (TPSA) is 44.0 Å². The minimum Gasteiger partial charge on any atom is -0.288 e. The van der Waals surface area contributed by atoms with Crippen molar-refractivity contribution in [2.75, 3.05) is 0 Å². The van der Waals surface area contributed by atoms with Gasteiger partial charge in [-0.2, -0.15) is 0 Å². The van der Waals surface area contributed by atoms with Crippen molar-refractivity contribution in [3.8, 4) is 5.69 Å². The Kier molecular flexibility index (Phi) is 4.70. The molecule has 1 heterocycles. The molecular weight excluding hydrogens is 348 g/mol. The van der Waals surface area contributed by atoms with Gasteiger partial charge in [0.2, 0.25) is 0 Å². The van der Waals surface area contributed by atoms with Crippen molar-refractivity contribution in [3.63, 3.8) is 0 Å². The Balaban J connectivity index is 1.96. The minimum atomic E-state index is -0.325. The summed E-state index contributed by atoms with van der Waals surface area (Å²) in [4.78, 5) is 26.5. The summed E-state index contributed by atoms with van der Waals surface area (Å²) in [5.74, 6) is 0. The Bertz CT molecular complexity index is 1250. The molecule has 0 aliphatic carbocycles. The fourth-order valence-corrected chi connectivity index (χ4v) is 3.46. The van der Waals surface area contributed by atoms with Crippen LogP contribution in [0, 0.1) is 6.92 Å². The summed E-state index contributed by atoms with van der Waals surface area (Å²) < 4.78 is 2.95. The lowest BCUT2D eigenvalue weighted by molar-refractivity contribution is 0.714. The number of nitrogens with zero attached hydrogens (tertiary/aromatic N) is 2. The van der Waals surface area contributed by atoms with E-state index in [1.165, 1.54) is 10.1 Å². The molecule has 3 aromatic carbocycles. The molecule has 0 amide bonds. The van der Waals surface area contributed by atoms with Gasteiger partial charge in [0, 0.05) is 0 Å². The smallest absolute Gasteiger partial charge is 0.288 e. The van der Waals surface area contributed by atoms with Gasteiger partial charge in [-0.1, -0.05) is 61.0 Å². The molecule has 4 aromatic rings. The zero-order chi connectivity index (χ0) is 19.7. The maximum Gasteiger partial charge on any atom is 0.336 e. The number of benzene rings is 3. The number of fused-ring (bicyclic) bond motifs is 1. The highest BCUT2D eigenvalue weighted by Gasteiger charge is 2.14. The van der Waals surface area contributed by atoms with Gasteiger partial charge in [-0.25, -0.2) is 9.36 Å². The number of para-hydroxylation sites is 1. The summed E-state index contributed by atoms with van der Waals surface area (Å²) in [6.45, 7) is 4.52. The second-order valence-electron chi connectivity index (χ2n) is 7.03. The van der Waals surface area contributed by atoms with Gasteiger partial charge in [0.25, 0.3) is 5.56 Å². The van der Waals surface area contributed by atoms with Crippen molar-refractivity contribution in [3.05, 3.63) is 110 Å². The van der Waals surface area contributed by atoms with Crippen LogP contribution in [-0.2, 0) is 13.0 Å². The molecule has 0 aliphatic heterocycles. The van der Waals surface area contributed by atoms with E-state index in [-0.39, 0.29) is 11.2 Å². The number of hydrogen-bond acceptors (Lipinski definition) is 2. The molecule has 0 radical (unpaired) electrons. The molecule has 0 saturated carbocycles. The van der Waals surface area contributed by atoms with Crippen molar-refractivity contribution >= 4 is 10.9 Å². The second-order valence-corrected chi connectivity index (χ2v) is 7.03. The van der Waals surface area contributed by atoms with Crippen LogP contribution in [0.2, 0.25) is 0 Å². The van der Waals surface area contributed by atoms with E-state index in [4.69, 9.17) is 0 Å². The van der Waals surface area contributed by atoms with Gasteiger partial charge >= 0.3 is 5.69 Å². The average Bonchev–Trinajstić information content (AvgIpc) is 2.73. The van der Waals surface area contributed by atoms with Gasteiger partial charge in [0.1, 0.15) is 0 Å². The average molecular weight is 370 g/mol. The van der Waals surface area contributed by atoms with E-state index < -0.39 is 0 Å². The summed E-state index contributed by atoms with van der Waals surface area (Å²) in [5, 5.41) is 0.536. The summed E-state index contributed by atoms with van der Waals surface area (Å²) >= 11 is 0. The molecule has 0 spiro atoms. The molecule has 1 aromatic heterocycles. The van der Waals surface area contributed by atoms with Crippen LogP contribution in [0.1, 0.15) is 23.6 Å². The molecule has 0 bridgehead atoms. The van der Waals surface area contributed by atoms with Gasteiger partial charge in [0.15, 0.2) is 0 Å². The van der Waals surface area contributed by atoms with Crippen molar-refractivity contribution < 1.29 is 0 Å². The summed E-state index contributed by atoms with van der Waals surface area (Å²) in [7, 11) is 0. The van der Waals surface area contributed by atoms with Gasteiger partial charge in [0.05, 0.1) is 23.1 Å². The normalized spacial score (nSPS) is 11.1. The first-order valence-electron chi connectivity index (χ1n) is 9.48. The van der Waals surface area contributed by atoms with E-state index in [1.807, 2.05) is 73.7 Å². The number of hydrogen-bond donors (Lipinski definition) is 0. The summed E-state index contributed by atoms with van der Waals surface area (Å²) in [5.41, 5.74) is 3.98. The third-order valence-electron chi connectivity index (χ3n) is 5.11. The zero-order valence-corrected chi connectivity index (χ0v) is 16.1. The van der Waals surface area contributed by atoms with Crippen LogP contribution in [0.4, 0.5) is 0 Å². The lowest BCUT2D eigenvalue weighted by Crippen LogP contribution is -2.39. The van der Waals surface area contributed by atoms with Crippen LogP contribution in [0.5, 0.6) is 0 Å². The molecule has 4 heteroatoms. The third kappa shape index (κ3) is 3.18. The molecule has 28 heavy (non-hydrogen) atoms. The van der Waals surface area contributed by atoms with E-state index in [1.54, 1.807) is 10.6 Å². The standard InChI is InChI=1S/C24H22N2O2/c1-3-18-12-14-20(15-13-18)26-23(27)21-6-4-5-7-22(21)25(24(26)28)16-19-10-8-17(2)9-11-19/h4-15H,3,16H2,1-2H3. The number of aryl methyl sites for hydroxylation is 2. The number of rotatable bonds is 4.